The number of hydrogen-bond acceptors (Lipinski definition) is 14. The molecule has 0 N–H and O–H groups in total. The van der Waals surface area contributed by atoms with Crippen molar-refractivity contribution in [3.05, 3.63) is 127 Å². The Labute approximate surface area is 382 Å². The lowest BCUT2D eigenvalue weighted by molar-refractivity contribution is -0.347. The van der Waals surface area contributed by atoms with Gasteiger partial charge in [0.1, 0.15) is 36.0 Å². The van der Waals surface area contributed by atoms with Gasteiger partial charge in [-0.3, -0.25) is 14.4 Å². The van der Waals surface area contributed by atoms with Gasteiger partial charge < -0.3 is 47.4 Å². The summed E-state index contributed by atoms with van der Waals surface area (Å²) in [7, 11) is 0. The number of hydrogen-bond donors (Lipinski definition) is 0. The lowest BCUT2D eigenvalue weighted by Gasteiger charge is -2.50. The fourth-order valence-electron chi connectivity index (χ4n) is 6.84. The van der Waals surface area contributed by atoms with Crippen molar-refractivity contribution in [2.75, 3.05) is 26.4 Å². The van der Waals surface area contributed by atoms with E-state index in [1.165, 1.54) is 24.8 Å². The SMILES string of the molecule is C=CCO[C@H]1[C@@H](O[C@@H]2O[C@H](COCc3ccccc3)[C@H](OC(C)=O)[C@H](OCC=C)[C@H]2OC(=O)C(C)(C)C)[C@@H](COCc2ccccc2)O[C@@H](Sc2ccccc2)[C@@H]1OC(=O)C(C)(C)C. The Balaban J connectivity index is 1.61. The molecular formula is C50H64O13S. The van der Waals surface area contributed by atoms with Gasteiger partial charge in [0.2, 0.25) is 0 Å². The van der Waals surface area contributed by atoms with Crippen molar-refractivity contribution >= 4 is 29.7 Å². The van der Waals surface area contributed by atoms with Crippen LogP contribution in [0.2, 0.25) is 0 Å². The number of ether oxygens (including phenoxy) is 10. The van der Waals surface area contributed by atoms with Gasteiger partial charge in [0.15, 0.2) is 24.6 Å². The van der Waals surface area contributed by atoms with E-state index in [1.807, 2.05) is 91.0 Å². The van der Waals surface area contributed by atoms with Crippen molar-refractivity contribution in [3.8, 4) is 0 Å². The molecule has 0 saturated carbocycles. The monoisotopic (exact) mass is 904 g/mol. The van der Waals surface area contributed by atoms with Gasteiger partial charge in [-0.25, -0.2) is 0 Å². The molecule has 0 aliphatic carbocycles. The van der Waals surface area contributed by atoms with E-state index in [4.69, 9.17) is 47.4 Å². The van der Waals surface area contributed by atoms with E-state index in [1.54, 1.807) is 47.6 Å². The molecule has 0 bridgehead atoms. The van der Waals surface area contributed by atoms with Gasteiger partial charge in [-0.15, -0.1) is 13.2 Å². The van der Waals surface area contributed by atoms with E-state index in [-0.39, 0.29) is 39.6 Å². The van der Waals surface area contributed by atoms with Crippen molar-refractivity contribution in [1.82, 2.24) is 0 Å². The first kappa shape index (κ1) is 50.6. The Morgan fingerprint density at radius 2 is 1.05 bits per heavy atom. The summed E-state index contributed by atoms with van der Waals surface area (Å²) in [5.41, 5.74) is -0.850. The van der Waals surface area contributed by atoms with Crippen molar-refractivity contribution < 1.29 is 61.8 Å². The minimum Gasteiger partial charge on any atom is -0.457 e. The molecule has 0 radical (unpaired) electrons. The van der Waals surface area contributed by atoms with Gasteiger partial charge in [-0.1, -0.05) is 103 Å². The lowest BCUT2D eigenvalue weighted by atomic mass is 9.94. The number of rotatable bonds is 21. The third-order valence-electron chi connectivity index (χ3n) is 10.1. The number of thioether (sulfide) groups is 1. The smallest absolute Gasteiger partial charge is 0.311 e. The Hall–Kier alpha value is -4.38. The molecule has 348 valence electrons. The molecule has 2 aliphatic rings. The number of esters is 3. The molecule has 0 spiro atoms. The standard InChI is InChI=1S/C50H64O13S/c1-10-27-56-41-39(58-33(3)51)37(31-54-29-34-21-15-12-16-22-34)59-45(43(41)62-47(52)49(4,5)6)61-40-38(32-55-30-35-23-17-13-18-24-35)60-46(64-36-25-19-14-20-26-36)44(42(40)57-28-11-2)63-48(53)50(7,8)9/h10-26,37-46H,1-2,27-32H2,3-9H3/t37-,38-,39+,40+,41+,42+,43-,44-,45+,46+/m1/s1. The molecule has 5 rings (SSSR count). The summed E-state index contributed by atoms with van der Waals surface area (Å²) in [4.78, 5) is 41.4. The van der Waals surface area contributed by atoms with Crippen LogP contribution in [0.3, 0.4) is 0 Å². The number of carbonyl (C=O) groups excluding carboxylic acids is 3. The fraction of sp³-hybridized carbons (Fsp3) is 0.500. The molecule has 2 aliphatic heterocycles. The zero-order valence-electron chi connectivity index (χ0n) is 38.0. The molecule has 2 heterocycles. The average Bonchev–Trinajstić information content (AvgIpc) is 3.25. The lowest BCUT2D eigenvalue weighted by Crippen LogP contribution is -2.66. The third-order valence-corrected chi connectivity index (χ3v) is 11.2. The van der Waals surface area contributed by atoms with Crippen LogP contribution in [0.4, 0.5) is 0 Å². The summed E-state index contributed by atoms with van der Waals surface area (Å²) in [6, 6.07) is 28.9. The van der Waals surface area contributed by atoms with Gasteiger partial charge in [0.25, 0.3) is 0 Å². The minimum absolute atomic E-state index is 0.00541. The van der Waals surface area contributed by atoms with Crippen molar-refractivity contribution in [2.45, 2.75) is 127 Å². The Bertz CT molecular complexity index is 1920. The molecule has 64 heavy (non-hydrogen) atoms. The second kappa shape index (κ2) is 24.2. The van der Waals surface area contributed by atoms with Crippen molar-refractivity contribution in [3.63, 3.8) is 0 Å². The van der Waals surface area contributed by atoms with Crippen LogP contribution in [0.1, 0.15) is 59.6 Å². The maximum absolute atomic E-state index is 13.9. The number of benzene rings is 3. The first-order valence-electron chi connectivity index (χ1n) is 21.5. The summed E-state index contributed by atoms with van der Waals surface area (Å²) >= 11 is 1.37. The third kappa shape index (κ3) is 14.8. The Morgan fingerprint density at radius 3 is 1.52 bits per heavy atom. The molecule has 14 heteroatoms. The van der Waals surface area contributed by atoms with Crippen LogP contribution in [0, 0.1) is 10.8 Å². The summed E-state index contributed by atoms with van der Waals surface area (Å²) in [5.74, 6) is -1.71. The van der Waals surface area contributed by atoms with E-state index in [9.17, 15) is 14.4 Å². The Kier molecular flexibility index (Phi) is 19.2. The van der Waals surface area contributed by atoms with E-state index >= 15 is 0 Å². The molecule has 3 aromatic rings. The normalized spacial score (nSPS) is 26.0. The van der Waals surface area contributed by atoms with Crippen LogP contribution < -0.4 is 0 Å². The topological polar surface area (TPSA) is 144 Å². The maximum atomic E-state index is 13.9. The van der Waals surface area contributed by atoms with E-state index in [0.717, 1.165) is 16.0 Å². The van der Waals surface area contributed by atoms with Crippen molar-refractivity contribution in [2.24, 2.45) is 10.8 Å². The van der Waals surface area contributed by atoms with Crippen LogP contribution >= 0.6 is 11.8 Å². The van der Waals surface area contributed by atoms with Crippen LogP contribution in [-0.4, -0.2) is 105 Å². The average molecular weight is 905 g/mol. The quantitative estimate of drug-likeness (QED) is 0.0578. The molecule has 2 fully saturated rings. The van der Waals surface area contributed by atoms with Gasteiger partial charge in [-0.05, 0) is 64.8 Å². The maximum Gasteiger partial charge on any atom is 0.311 e. The predicted molar refractivity (Wildman–Crippen MR) is 241 cm³/mol. The second-order valence-electron chi connectivity index (χ2n) is 17.6. The minimum atomic E-state index is -1.42. The first-order chi connectivity index (χ1) is 30.6. The van der Waals surface area contributed by atoms with E-state index in [2.05, 4.69) is 13.2 Å². The predicted octanol–water partition coefficient (Wildman–Crippen LogP) is 8.04. The molecule has 3 aromatic carbocycles. The summed E-state index contributed by atoms with van der Waals surface area (Å²) in [6.45, 7) is 19.8. The molecule has 0 aromatic heterocycles. The molecule has 0 unspecified atom stereocenters. The van der Waals surface area contributed by atoms with E-state index < -0.39 is 89.3 Å². The summed E-state index contributed by atoms with van der Waals surface area (Å²) < 4.78 is 64.8. The zero-order chi connectivity index (χ0) is 46.3. The highest BCUT2D eigenvalue weighted by Crippen LogP contribution is 2.41. The van der Waals surface area contributed by atoms with Crippen LogP contribution in [0.15, 0.2) is 121 Å². The van der Waals surface area contributed by atoms with Gasteiger partial charge >= 0.3 is 17.9 Å². The fourth-order valence-corrected chi connectivity index (χ4v) is 7.96. The molecule has 13 nitrogen and oxygen atoms in total. The van der Waals surface area contributed by atoms with Gasteiger partial charge in [0.05, 0.1) is 50.5 Å². The van der Waals surface area contributed by atoms with Crippen LogP contribution in [-0.2, 0) is 75.0 Å². The summed E-state index contributed by atoms with van der Waals surface area (Å²) in [6.07, 6.45) is -6.99. The second-order valence-corrected chi connectivity index (χ2v) is 18.8. The van der Waals surface area contributed by atoms with E-state index in [0.29, 0.717) is 0 Å². The number of carbonyl (C=O) groups is 3. The molecule has 0 amide bonds. The first-order valence-corrected chi connectivity index (χ1v) is 22.4. The molecular weight excluding hydrogens is 841 g/mol. The highest BCUT2D eigenvalue weighted by molar-refractivity contribution is 7.99. The highest BCUT2D eigenvalue weighted by atomic mass is 32.2. The molecule has 10 atom stereocenters. The largest absolute Gasteiger partial charge is 0.457 e. The Morgan fingerprint density at radius 1 is 0.594 bits per heavy atom. The van der Waals surface area contributed by atoms with Crippen molar-refractivity contribution in [1.29, 1.82) is 0 Å². The van der Waals surface area contributed by atoms with Crippen LogP contribution in [0.25, 0.3) is 0 Å². The zero-order valence-corrected chi connectivity index (χ0v) is 38.8. The highest BCUT2D eigenvalue weighted by Gasteiger charge is 2.56. The molecule has 2 saturated heterocycles. The summed E-state index contributed by atoms with van der Waals surface area (Å²) in [5, 5.41) is 0. The van der Waals surface area contributed by atoms with Gasteiger partial charge in [0, 0.05) is 11.8 Å². The van der Waals surface area contributed by atoms with Crippen LogP contribution in [0.5, 0.6) is 0 Å². The van der Waals surface area contributed by atoms with Gasteiger partial charge in [-0.2, -0.15) is 0 Å².